The zero-order valence-electron chi connectivity index (χ0n) is 12.8. The summed E-state index contributed by atoms with van der Waals surface area (Å²) >= 11 is 0. The molecule has 0 atom stereocenters. The molecule has 0 N–H and O–H groups in total. The normalized spacial score (nSPS) is 10.8. The van der Waals surface area contributed by atoms with Crippen LogP contribution in [0, 0.1) is 0 Å². The third kappa shape index (κ3) is 2.73. The van der Waals surface area contributed by atoms with Gasteiger partial charge in [0.2, 0.25) is 0 Å². The van der Waals surface area contributed by atoms with Gasteiger partial charge in [-0.2, -0.15) is 0 Å². The molecule has 0 unspecified atom stereocenters. The van der Waals surface area contributed by atoms with Crippen LogP contribution in [0.4, 0.5) is 0 Å². The Balaban J connectivity index is 2.06. The largest absolute Gasteiger partial charge is 0.283 e. The van der Waals surface area contributed by atoms with E-state index in [9.17, 15) is 4.79 Å². The van der Waals surface area contributed by atoms with Gasteiger partial charge < -0.3 is 0 Å². The molecule has 110 valence electrons. The summed E-state index contributed by atoms with van der Waals surface area (Å²) in [4.78, 5) is 12.8. The minimum atomic E-state index is 0.0124. The van der Waals surface area contributed by atoms with E-state index in [0.717, 1.165) is 29.3 Å². The average molecular weight is 289 g/mol. The number of carbonyl (C=O) groups is 1. The first kappa shape index (κ1) is 14.3. The predicted molar refractivity (Wildman–Crippen MR) is 91.2 cm³/mol. The van der Waals surface area contributed by atoms with Crippen molar-refractivity contribution in [3.8, 4) is 0 Å². The highest BCUT2D eigenvalue weighted by atomic mass is 16.2. The van der Waals surface area contributed by atoms with Crippen LogP contribution in [0.5, 0.6) is 0 Å². The summed E-state index contributed by atoms with van der Waals surface area (Å²) in [5, 5.41) is 1.15. The van der Waals surface area contributed by atoms with Crippen LogP contribution in [0.1, 0.15) is 29.3 Å². The first-order chi connectivity index (χ1) is 10.7. The molecule has 3 rings (SSSR count). The van der Waals surface area contributed by atoms with Crippen molar-refractivity contribution in [3.05, 3.63) is 84.1 Å². The van der Waals surface area contributed by atoms with Crippen molar-refractivity contribution in [1.82, 2.24) is 4.57 Å². The average Bonchev–Trinajstić information content (AvgIpc) is 2.92. The number of fused-ring (bicyclic) bond motifs is 1. The highest BCUT2D eigenvalue weighted by Crippen LogP contribution is 2.24. The number of aryl methyl sites for hydroxylation is 1. The van der Waals surface area contributed by atoms with E-state index >= 15 is 0 Å². The van der Waals surface area contributed by atoms with Gasteiger partial charge in [-0.05, 0) is 43.5 Å². The maximum atomic E-state index is 12.8. The van der Waals surface area contributed by atoms with Gasteiger partial charge in [0, 0.05) is 17.1 Å². The van der Waals surface area contributed by atoms with Crippen molar-refractivity contribution in [1.29, 1.82) is 0 Å². The minimum absolute atomic E-state index is 0.0124. The standard InChI is InChI=1S/C20H19NO/c1-15(2)12-13-17-14-21(19-11-7-6-10-18(17)19)20(22)16-8-4-3-5-9-16/h3-11,14H,1,12-13H2,2H3. The molecule has 22 heavy (non-hydrogen) atoms. The summed E-state index contributed by atoms with van der Waals surface area (Å²) in [6.45, 7) is 6.00. The van der Waals surface area contributed by atoms with Gasteiger partial charge in [-0.15, -0.1) is 6.58 Å². The van der Waals surface area contributed by atoms with Crippen molar-refractivity contribution >= 4 is 16.8 Å². The van der Waals surface area contributed by atoms with Crippen LogP contribution in [0.2, 0.25) is 0 Å². The SMILES string of the molecule is C=C(C)CCc1cn(C(=O)c2ccccc2)c2ccccc12. The highest BCUT2D eigenvalue weighted by molar-refractivity contribution is 6.02. The minimum Gasteiger partial charge on any atom is -0.283 e. The van der Waals surface area contributed by atoms with E-state index in [1.807, 2.05) is 61.7 Å². The number of hydrogen-bond donors (Lipinski definition) is 0. The molecule has 1 aromatic heterocycles. The Morgan fingerprint density at radius 1 is 1.05 bits per heavy atom. The third-order valence-electron chi connectivity index (χ3n) is 3.86. The molecule has 2 heteroatoms. The molecule has 0 bridgehead atoms. The lowest BCUT2D eigenvalue weighted by molar-refractivity contribution is 0.0965. The summed E-state index contributed by atoms with van der Waals surface area (Å²) in [5.41, 5.74) is 4.02. The van der Waals surface area contributed by atoms with E-state index in [1.165, 1.54) is 5.56 Å². The second kappa shape index (κ2) is 6.02. The van der Waals surface area contributed by atoms with Crippen LogP contribution in [-0.2, 0) is 6.42 Å². The second-order valence-corrected chi connectivity index (χ2v) is 5.67. The van der Waals surface area contributed by atoms with Crippen LogP contribution < -0.4 is 0 Å². The Bertz CT molecular complexity index is 827. The molecule has 2 nitrogen and oxygen atoms in total. The molecule has 1 heterocycles. The van der Waals surface area contributed by atoms with E-state index in [2.05, 4.69) is 12.6 Å². The first-order valence-electron chi connectivity index (χ1n) is 7.50. The lowest BCUT2D eigenvalue weighted by Gasteiger charge is -2.03. The van der Waals surface area contributed by atoms with Crippen molar-refractivity contribution in [3.63, 3.8) is 0 Å². The Morgan fingerprint density at radius 3 is 2.45 bits per heavy atom. The Kier molecular flexibility index (Phi) is 3.92. The van der Waals surface area contributed by atoms with Crippen LogP contribution in [0.25, 0.3) is 10.9 Å². The monoisotopic (exact) mass is 289 g/mol. The molecule has 2 aromatic carbocycles. The zero-order chi connectivity index (χ0) is 15.5. The molecule has 0 radical (unpaired) electrons. The second-order valence-electron chi connectivity index (χ2n) is 5.67. The lowest BCUT2D eigenvalue weighted by atomic mass is 10.1. The maximum Gasteiger partial charge on any atom is 0.262 e. The molecule has 0 aliphatic carbocycles. The molecule has 0 amide bonds. The number of para-hydroxylation sites is 1. The van der Waals surface area contributed by atoms with Gasteiger partial charge in [0.15, 0.2) is 0 Å². The van der Waals surface area contributed by atoms with E-state index in [-0.39, 0.29) is 5.91 Å². The smallest absolute Gasteiger partial charge is 0.262 e. The fourth-order valence-corrected chi connectivity index (χ4v) is 2.69. The van der Waals surface area contributed by atoms with Gasteiger partial charge in [0.05, 0.1) is 5.52 Å². The fourth-order valence-electron chi connectivity index (χ4n) is 2.69. The van der Waals surface area contributed by atoms with E-state index in [4.69, 9.17) is 0 Å². The van der Waals surface area contributed by atoms with E-state index in [1.54, 1.807) is 4.57 Å². The Hall–Kier alpha value is -2.61. The molecular formula is C20H19NO. The van der Waals surface area contributed by atoms with Gasteiger partial charge in [-0.25, -0.2) is 0 Å². The van der Waals surface area contributed by atoms with E-state index < -0.39 is 0 Å². The number of carbonyl (C=O) groups excluding carboxylic acids is 1. The molecule has 0 saturated carbocycles. The van der Waals surface area contributed by atoms with E-state index in [0.29, 0.717) is 5.56 Å². The number of allylic oxidation sites excluding steroid dienone is 1. The van der Waals surface area contributed by atoms with Crippen molar-refractivity contribution < 1.29 is 4.79 Å². The molecule has 0 aliphatic heterocycles. The third-order valence-corrected chi connectivity index (χ3v) is 3.86. The van der Waals surface area contributed by atoms with Gasteiger partial charge >= 0.3 is 0 Å². The van der Waals surface area contributed by atoms with Crippen LogP contribution in [-0.4, -0.2) is 10.5 Å². The number of rotatable bonds is 4. The van der Waals surface area contributed by atoms with Gasteiger partial charge in [-0.3, -0.25) is 9.36 Å². The number of hydrogen-bond acceptors (Lipinski definition) is 1. The van der Waals surface area contributed by atoms with Gasteiger partial charge in [-0.1, -0.05) is 42.0 Å². The molecule has 0 spiro atoms. The summed E-state index contributed by atoms with van der Waals surface area (Å²) in [6, 6.07) is 17.5. The van der Waals surface area contributed by atoms with Crippen molar-refractivity contribution in [2.24, 2.45) is 0 Å². The topological polar surface area (TPSA) is 22.0 Å². The lowest BCUT2D eigenvalue weighted by Crippen LogP contribution is -2.10. The molecule has 3 aromatic rings. The molecule has 0 aliphatic rings. The molecule has 0 fully saturated rings. The summed E-state index contributed by atoms with van der Waals surface area (Å²) in [6.07, 6.45) is 3.82. The molecule has 0 saturated heterocycles. The summed E-state index contributed by atoms with van der Waals surface area (Å²) in [7, 11) is 0. The quantitative estimate of drug-likeness (QED) is 0.630. The Labute approximate surface area is 130 Å². The zero-order valence-corrected chi connectivity index (χ0v) is 12.8. The van der Waals surface area contributed by atoms with Gasteiger partial charge in [0.25, 0.3) is 5.91 Å². The number of benzene rings is 2. The summed E-state index contributed by atoms with van der Waals surface area (Å²) < 4.78 is 1.76. The Morgan fingerprint density at radius 2 is 1.73 bits per heavy atom. The number of nitrogens with zero attached hydrogens (tertiary/aromatic N) is 1. The number of aromatic nitrogens is 1. The van der Waals surface area contributed by atoms with Crippen molar-refractivity contribution in [2.45, 2.75) is 19.8 Å². The predicted octanol–water partition coefficient (Wildman–Crippen LogP) is 4.84. The van der Waals surface area contributed by atoms with Crippen LogP contribution in [0.15, 0.2) is 72.9 Å². The van der Waals surface area contributed by atoms with Gasteiger partial charge in [0.1, 0.15) is 0 Å². The fraction of sp³-hybridized carbons (Fsp3) is 0.150. The molecular weight excluding hydrogens is 270 g/mol. The van der Waals surface area contributed by atoms with Crippen LogP contribution in [0.3, 0.4) is 0 Å². The summed E-state index contributed by atoms with van der Waals surface area (Å²) in [5.74, 6) is 0.0124. The highest BCUT2D eigenvalue weighted by Gasteiger charge is 2.14. The first-order valence-corrected chi connectivity index (χ1v) is 7.50. The van der Waals surface area contributed by atoms with Crippen molar-refractivity contribution in [2.75, 3.05) is 0 Å². The van der Waals surface area contributed by atoms with Crippen LogP contribution >= 0.6 is 0 Å². The maximum absolute atomic E-state index is 12.8.